The summed E-state index contributed by atoms with van der Waals surface area (Å²) >= 11 is 0. The number of unbranched alkanes of at least 4 members (excludes halogenated alkanes) is 4. The maximum absolute atomic E-state index is 10.1. The highest BCUT2D eigenvalue weighted by Crippen LogP contribution is 1.96. The molecule has 0 bridgehead atoms. The number of rotatable bonds is 7. The molecule has 5 heteroatoms. The average molecular weight is 239 g/mol. The van der Waals surface area contributed by atoms with Crippen molar-refractivity contribution in [2.24, 2.45) is 5.73 Å². The van der Waals surface area contributed by atoms with Gasteiger partial charge in [-0.2, -0.15) is 8.42 Å². The van der Waals surface area contributed by atoms with Crippen molar-refractivity contribution in [1.82, 2.24) is 0 Å². The first-order valence-corrected chi connectivity index (χ1v) is 7.24. The topological polar surface area (TPSA) is 80.4 Å². The standard InChI is InChI=1S/C5H13N.C5H12O3S/c1-2-3-4-5-6;1-2-3-4-5-9(6,7)8/h2-6H2,1H3;2-5H2,1H3,(H,6,7,8). The van der Waals surface area contributed by atoms with Gasteiger partial charge < -0.3 is 5.73 Å². The molecule has 0 unspecified atom stereocenters. The van der Waals surface area contributed by atoms with Crippen LogP contribution in [-0.2, 0) is 10.1 Å². The Labute approximate surface area is 94.0 Å². The van der Waals surface area contributed by atoms with Crippen LogP contribution in [0.5, 0.6) is 0 Å². The molecule has 0 aromatic heterocycles. The second-order valence-electron chi connectivity index (χ2n) is 3.49. The highest BCUT2D eigenvalue weighted by atomic mass is 32.2. The third kappa shape index (κ3) is 24.8. The zero-order valence-electron chi connectivity index (χ0n) is 9.91. The minimum Gasteiger partial charge on any atom is -0.330 e. The van der Waals surface area contributed by atoms with Gasteiger partial charge in [-0.25, -0.2) is 0 Å². The second-order valence-corrected chi connectivity index (χ2v) is 5.06. The van der Waals surface area contributed by atoms with Crippen molar-refractivity contribution < 1.29 is 13.0 Å². The summed E-state index contributed by atoms with van der Waals surface area (Å²) in [5.41, 5.74) is 5.21. The molecule has 0 rings (SSSR count). The molecule has 0 spiro atoms. The first kappa shape index (κ1) is 17.3. The Morgan fingerprint density at radius 1 is 1.00 bits per heavy atom. The monoisotopic (exact) mass is 239 g/mol. The second kappa shape index (κ2) is 11.9. The zero-order valence-corrected chi connectivity index (χ0v) is 10.7. The lowest BCUT2D eigenvalue weighted by atomic mass is 10.3. The van der Waals surface area contributed by atoms with Gasteiger partial charge in [0.15, 0.2) is 0 Å². The smallest absolute Gasteiger partial charge is 0.264 e. The molecular formula is C10H25NO3S. The van der Waals surface area contributed by atoms with Gasteiger partial charge in [-0.15, -0.1) is 0 Å². The molecule has 0 atom stereocenters. The van der Waals surface area contributed by atoms with E-state index in [4.69, 9.17) is 10.3 Å². The summed E-state index contributed by atoms with van der Waals surface area (Å²) in [6, 6.07) is 0. The van der Waals surface area contributed by atoms with Crippen LogP contribution in [0.4, 0.5) is 0 Å². The van der Waals surface area contributed by atoms with E-state index in [1.807, 2.05) is 6.92 Å². The molecule has 0 saturated heterocycles. The summed E-state index contributed by atoms with van der Waals surface area (Å²) in [6.07, 6.45) is 6.15. The molecule has 0 radical (unpaired) electrons. The minimum absolute atomic E-state index is 0.0964. The molecule has 15 heavy (non-hydrogen) atoms. The van der Waals surface area contributed by atoms with Crippen LogP contribution in [0.15, 0.2) is 0 Å². The van der Waals surface area contributed by atoms with Crippen molar-refractivity contribution in [2.45, 2.75) is 52.4 Å². The van der Waals surface area contributed by atoms with Crippen molar-refractivity contribution >= 4 is 10.1 Å². The molecule has 0 heterocycles. The first-order chi connectivity index (χ1) is 6.97. The highest BCUT2D eigenvalue weighted by molar-refractivity contribution is 7.85. The van der Waals surface area contributed by atoms with Gasteiger partial charge in [-0.3, -0.25) is 4.55 Å². The molecule has 0 fully saturated rings. The maximum Gasteiger partial charge on any atom is 0.264 e. The zero-order chi connectivity index (χ0) is 12.2. The SMILES string of the molecule is CCCCCN.CCCCCS(=O)(=O)O. The minimum atomic E-state index is -3.70. The van der Waals surface area contributed by atoms with E-state index in [0.29, 0.717) is 6.42 Å². The molecule has 0 aliphatic rings. The summed E-state index contributed by atoms with van der Waals surface area (Å²) in [4.78, 5) is 0. The number of nitrogens with two attached hydrogens (primary N) is 1. The predicted molar refractivity (Wildman–Crippen MR) is 64.5 cm³/mol. The largest absolute Gasteiger partial charge is 0.330 e. The van der Waals surface area contributed by atoms with Crippen LogP contribution in [-0.4, -0.2) is 25.3 Å². The van der Waals surface area contributed by atoms with Crippen molar-refractivity contribution in [3.63, 3.8) is 0 Å². The van der Waals surface area contributed by atoms with E-state index in [1.165, 1.54) is 19.3 Å². The van der Waals surface area contributed by atoms with E-state index in [2.05, 4.69) is 6.92 Å². The van der Waals surface area contributed by atoms with E-state index in [0.717, 1.165) is 19.4 Å². The summed E-state index contributed by atoms with van der Waals surface area (Å²) in [7, 11) is -3.70. The lowest BCUT2D eigenvalue weighted by Crippen LogP contribution is -2.02. The van der Waals surface area contributed by atoms with E-state index in [-0.39, 0.29) is 5.75 Å². The third-order valence-corrected chi connectivity index (χ3v) is 2.62. The van der Waals surface area contributed by atoms with Crippen LogP contribution in [0.3, 0.4) is 0 Å². The lowest BCUT2D eigenvalue weighted by molar-refractivity contribution is 0.480. The van der Waals surface area contributed by atoms with Gasteiger partial charge in [0.25, 0.3) is 10.1 Å². The van der Waals surface area contributed by atoms with Crippen LogP contribution >= 0.6 is 0 Å². The Hall–Kier alpha value is -0.130. The molecule has 0 aromatic rings. The van der Waals surface area contributed by atoms with Gasteiger partial charge in [-0.05, 0) is 19.4 Å². The lowest BCUT2D eigenvalue weighted by Gasteiger charge is -1.92. The van der Waals surface area contributed by atoms with Crippen LogP contribution < -0.4 is 5.73 Å². The number of hydrogen-bond donors (Lipinski definition) is 2. The Bertz CT molecular complexity index is 199. The van der Waals surface area contributed by atoms with E-state index in [9.17, 15) is 8.42 Å². The predicted octanol–water partition coefficient (Wildman–Crippen LogP) is 2.20. The molecule has 0 saturated carbocycles. The van der Waals surface area contributed by atoms with Gasteiger partial charge in [0.1, 0.15) is 0 Å². The summed E-state index contributed by atoms with van der Waals surface area (Å²) < 4.78 is 28.3. The Kier molecular flexibility index (Phi) is 13.7. The Morgan fingerprint density at radius 2 is 1.47 bits per heavy atom. The molecule has 0 aromatic carbocycles. The molecule has 4 nitrogen and oxygen atoms in total. The molecule has 0 amide bonds. The molecule has 3 N–H and O–H groups in total. The molecule has 94 valence electrons. The quantitative estimate of drug-likeness (QED) is 0.527. The van der Waals surface area contributed by atoms with E-state index in [1.54, 1.807) is 0 Å². The normalized spacial score (nSPS) is 10.7. The van der Waals surface area contributed by atoms with Crippen molar-refractivity contribution in [3.8, 4) is 0 Å². The van der Waals surface area contributed by atoms with Gasteiger partial charge in [0.05, 0.1) is 5.75 Å². The fourth-order valence-electron chi connectivity index (χ4n) is 0.929. The first-order valence-electron chi connectivity index (χ1n) is 5.63. The van der Waals surface area contributed by atoms with Crippen LogP contribution in [0, 0.1) is 0 Å². The van der Waals surface area contributed by atoms with Crippen molar-refractivity contribution in [1.29, 1.82) is 0 Å². The molecular weight excluding hydrogens is 214 g/mol. The van der Waals surface area contributed by atoms with Gasteiger partial charge in [0.2, 0.25) is 0 Å². The highest BCUT2D eigenvalue weighted by Gasteiger charge is 2.01. The van der Waals surface area contributed by atoms with Crippen LogP contribution in [0.1, 0.15) is 52.4 Å². The number of hydrogen-bond acceptors (Lipinski definition) is 3. The average Bonchev–Trinajstić information content (AvgIpc) is 2.14. The Morgan fingerprint density at radius 3 is 1.73 bits per heavy atom. The van der Waals surface area contributed by atoms with Crippen LogP contribution in [0.25, 0.3) is 0 Å². The van der Waals surface area contributed by atoms with Gasteiger partial charge in [-0.1, -0.05) is 39.5 Å². The Balaban J connectivity index is 0. The van der Waals surface area contributed by atoms with Gasteiger partial charge >= 0.3 is 0 Å². The molecule has 0 aliphatic carbocycles. The molecule has 0 aliphatic heterocycles. The van der Waals surface area contributed by atoms with E-state index < -0.39 is 10.1 Å². The summed E-state index contributed by atoms with van der Waals surface area (Å²) in [5, 5.41) is 0. The summed E-state index contributed by atoms with van der Waals surface area (Å²) in [6.45, 7) is 5.01. The fraction of sp³-hybridized carbons (Fsp3) is 1.00. The summed E-state index contributed by atoms with van der Waals surface area (Å²) in [5.74, 6) is -0.0964. The van der Waals surface area contributed by atoms with E-state index >= 15 is 0 Å². The maximum atomic E-state index is 10.1. The van der Waals surface area contributed by atoms with Crippen molar-refractivity contribution in [2.75, 3.05) is 12.3 Å². The van der Waals surface area contributed by atoms with Crippen molar-refractivity contribution in [3.05, 3.63) is 0 Å². The fourth-order valence-corrected chi connectivity index (χ4v) is 1.50. The van der Waals surface area contributed by atoms with Gasteiger partial charge in [0, 0.05) is 0 Å². The third-order valence-electron chi connectivity index (χ3n) is 1.81. The van der Waals surface area contributed by atoms with Crippen LogP contribution in [0.2, 0.25) is 0 Å².